The Morgan fingerprint density at radius 3 is 2.54 bits per heavy atom. The van der Waals surface area contributed by atoms with Gasteiger partial charge in [0.2, 0.25) is 5.88 Å². The Morgan fingerprint density at radius 2 is 2.00 bits per heavy atom. The van der Waals surface area contributed by atoms with Crippen molar-refractivity contribution >= 4 is 0 Å². The third-order valence-corrected chi connectivity index (χ3v) is 1.78. The Labute approximate surface area is 80.0 Å². The second-order valence-electron chi connectivity index (χ2n) is 4.04. The lowest BCUT2D eigenvalue weighted by Gasteiger charge is -2.17. The monoisotopic (exact) mass is 179 g/mol. The summed E-state index contributed by atoms with van der Waals surface area (Å²) in [6.45, 7) is 9.06. The molecule has 0 radical (unpaired) electrons. The van der Waals surface area contributed by atoms with E-state index in [0.717, 1.165) is 11.6 Å². The van der Waals surface area contributed by atoms with Gasteiger partial charge < -0.3 is 4.74 Å². The average molecular weight is 179 g/mol. The summed E-state index contributed by atoms with van der Waals surface area (Å²) in [7, 11) is 0. The maximum absolute atomic E-state index is 5.33. The van der Waals surface area contributed by atoms with Gasteiger partial charge in [-0.1, -0.05) is 26.8 Å². The van der Waals surface area contributed by atoms with E-state index < -0.39 is 0 Å². The lowest BCUT2D eigenvalue weighted by Crippen LogP contribution is -2.13. The van der Waals surface area contributed by atoms with E-state index in [2.05, 4.69) is 25.8 Å². The third kappa shape index (κ3) is 2.72. The molecule has 72 valence electrons. The Morgan fingerprint density at radius 1 is 1.31 bits per heavy atom. The van der Waals surface area contributed by atoms with Gasteiger partial charge in [-0.15, -0.1) is 0 Å². The topological polar surface area (TPSA) is 22.1 Å². The maximum Gasteiger partial charge on any atom is 0.213 e. The number of pyridine rings is 1. The van der Waals surface area contributed by atoms with Crippen molar-refractivity contribution in [3.8, 4) is 5.88 Å². The van der Waals surface area contributed by atoms with Crippen LogP contribution in [0.25, 0.3) is 0 Å². The fourth-order valence-corrected chi connectivity index (χ4v) is 1.06. The van der Waals surface area contributed by atoms with Crippen molar-refractivity contribution in [1.29, 1.82) is 0 Å². The summed E-state index contributed by atoms with van der Waals surface area (Å²) in [5.74, 6) is 0.718. The van der Waals surface area contributed by atoms with Crippen LogP contribution < -0.4 is 4.74 Å². The van der Waals surface area contributed by atoms with Gasteiger partial charge in [0.15, 0.2) is 0 Å². The first-order valence-corrected chi connectivity index (χ1v) is 4.64. The second kappa shape index (κ2) is 3.77. The number of rotatable bonds is 2. The number of hydrogen-bond donors (Lipinski definition) is 0. The average Bonchev–Trinajstić information content (AvgIpc) is 2.04. The number of hydrogen-bond acceptors (Lipinski definition) is 2. The van der Waals surface area contributed by atoms with E-state index >= 15 is 0 Å². The van der Waals surface area contributed by atoms with E-state index in [9.17, 15) is 0 Å². The molecule has 0 bridgehead atoms. The highest BCUT2D eigenvalue weighted by Gasteiger charge is 2.15. The van der Waals surface area contributed by atoms with Crippen LogP contribution in [0.15, 0.2) is 18.2 Å². The van der Waals surface area contributed by atoms with Crippen LogP contribution in [0, 0.1) is 0 Å². The van der Waals surface area contributed by atoms with Gasteiger partial charge in [-0.05, 0) is 13.0 Å². The molecule has 0 aliphatic rings. The smallest absolute Gasteiger partial charge is 0.213 e. The quantitative estimate of drug-likeness (QED) is 0.696. The number of aromatic nitrogens is 1. The van der Waals surface area contributed by atoms with E-state index in [1.165, 1.54) is 0 Å². The summed E-state index contributed by atoms with van der Waals surface area (Å²) in [5, 5.41) is 0. The van der Waals surface area contributed by atoms with Crippen LogP contribution in [-0.2, 0) is 5.41 Å². The van der Waals surface area contributed by atoms with Crippen molar-refractivity contribution in [3.63, 3.8) is 0 Å². The Balaban J connectivity index is 2.92. The van der Waals surface area contributed by atoms with Crippen LogP contribution in [0.4, 0.5) is 0 Å². The minimum absolute atomic E-state index is 0.0904. The molecule has 2 nitrogen and oxygen atoms in total. The summed E-state index contributed by atoms with van der Waals surface area (Å²) in [5.41, 5.74) is 1.16. The first kappa shape index (κ1) is 10.0. The summed E-state index contributed by atoms with van der Waals surface area (Å²) in [6, 6.07) is 5.90. The summed E-state index contributed by atoms with van der Waals surface area (Å²) in [6.07, 6.45) is 0. The fourth-order valence-electron chi connectivity index (χ4n) is 1.06. The van der Waals surface area contributed by atoms with Crippen molar-refractivity contribution < 1.29 is 4.74 Å². The van der Waals surface area contributed by atoms with Gasteiger partial charge in [-0.2, -0.15) is 0 Å². The van der Waals surface area contributed by atoms with Crippen LogP contribution in [0.1, 0.15) is 33.4 Å². The predicted molar refractivity (Wildman–Crippen MR) is 54.1 cm³/mol. The molecule has 1 aromatic heterocycles. The summed E-state index contributed by atoms with van der Waals surface area (Å²) in [4.78, 5) is 4.41. The van der Waals surface area contributed by atoms with E-state index in [0.29, 0.717) is 6.61 Å². The first-order chi connectivity index (χ1) is 6.04. The van der Waals surface area contributed by atoms with E-state index in [-0.39, 0.29) is 5.41 Å². The third-order valence-electron chi connectivity index (χ3n) is 1.78. The largest absolute Gasteiger partial charge is 0.478 e. The van der Waals surface area contributed by atoms with Gasteiger partial charge >= 0.3 is 0 Å². The lowest BCUT2D eigenvalue weighted by molar-refractivity contribution is 0.323. The molecule has 1 rings (SSSR count). The fraction of sp³-hybridized carbons (Fsp3) is 0.545. The first-order valence-electron chi connectivity index (χ1n) is 4.64. The molecule has 1 heterocycles. The molecule has 2 heteroatoms. The number of ether oxygens (including phenoxy) is 1. The Bertz CT molecular complexity index is 276. The Hall–Kier alpha value is -1.05. The van der Waals surface area contributed by atoms with Gasteiger partial charge in [-0.3, -0.25) is 0 Å². The van der Waals surface area contributed by atoms with Crippen LogP contribution in [0.5, 0.6) is 5.88 Å². The molecule has 0 aromatic carbocycles. The van der Waals surface area contributed by atoms with Gasteiger partial charge in [0.05, 0.1) is 6.61 Å². The molecule has 0 saturated heterocycles. The number of nitrogens with zero attached hydrogens (tertiary/aromatic N) is 1. The van der Waals surface area contributed by atoms with E-state index in [4.69, 9.17) is 4.74 Å². The van der Waals surface area contributed by atoms with Gasteiger partial charge in [0, 0.05) is 17.2 Å². The van der Waals surface area contributed by atoms with Crippen molar-refractivity contribution in [1.82, 2.24) is 4.98 Å². The predicted octanol–water partition coefficient (Wildman–Crippen LogP) is 2.78. The molecular weight excluding hydrogens is 162 g/mol. The molecule has 0 N–H and O–H groups in total. The molecule has 1 aromatic rings. The van der Waals surface area contributed by atoms with Gasteiger partial charge in [0.1, 0.15) is 0 Å². The summed E-state index contributed by atoms with van der Waals surface area (Å²) >= 11 is 0. The molecule has 0 saturated carbocycles. The summed E-state index contributed by atoms with van der Waals surface area (Å²) < 4.78 is 5.33. The SMILES string of the molecule is CCOc1cccc(C(C)(C)C)n1. The molecule has 0 spiro atoms. The molecular formula is C11H17NO. The van der Waals surface area contributed by atoms with Crippen LogP contribution in [-0.4, -0.2) is 11.6 Å². The zero-order valence-electron chi connectivity index (χ0n) is 8.79. The van der Waals surface area contributed by atoms with Crippen molar-refractivity contribution in [2.45, 2.75) is 33.1 Å². The molecule has 0 unspecified atom stereocenters. The zero-order chi connectivity index (χ0) is 9.90. The van der Waals surface area contributed by atoms with Crippen molar-refractivity contribution in [2.24, 2.45) is 0 Å². The highest BCUT2D eigenvalue weighted by molar-refractivity contribution is 5.20. The normalized spacial score (nSPS) is 11.4. The molecule has 0 amide bonds. The van der Waals surface area contributed by atoms with Crippen LogP contribution >= 0.6 is 0 Å². The molecule has 0 fully saturated rings. The molecule has 0 aliphatic heterocycles. The van der Waals surface area contributed by atoms with Gasteiger partial charge in [-0.25, -0.2) is 4.98 Å². The highest BCUT2D eigenvalue weighted by atomic mass is 16.5. The van der Waals surface area contributed by atoms with Crippen molar-refractivity contribution in [3.05, 3.63) is 23.9 Å². The van der Waals surface area contributed by atoms with Gasteiger partial charge in [0.25, 0.3) is 0 Å². The van der Waals surface area contributed by atoms with E-state index in [1.54, 1.807) is 0 Å². The Kier molecular flexibility index (Phi) is 2.91. The minimum atomic E-state index is 0.0904. The lowest BCUT2D eigenvalue weighted by atomic mass is 9.92. The standard InChI is InChI=1S/C11H17NO/c1-5-13-10-8-6-7-9(12-10)11(2,3)4/h6-8H,5H2,1-4H3. The van der Waals surface area contributed by atoms with E-state index in [1.807, 2.05) is 25.1 Å². The molecule has 0 atom stereocenters. The maximum atomic E-state index is 5.33. The second-order valence-corrected chi connectivity index (χ2v) is 4.04. The van der Waals surface area contributed by atoms with Crippen LogP contribution in [0.2, 0.25) is 0 Å². The minimum Gasteiger partial charge on any atom is -0.478 e. The zero-order valence-corrected chi connectivity index (χ0v) is 8.79. The van der Waals surface area contributed by atoms with Crippen LogP contribution in [0.3, 0.4) is 0 Å². The highest BCUT2D eigenvalue weighted by Crippen LogP contribution is 2.21. The van der Waals surface area contributed by atoms with Crippen molar-refractivity contribution in [2.75, 3.05) is 6.61 Å². The molecule has 13 heavy (non-hydrogen) atoms. The molecule has 0 aliphatic carbocycles.